The maximum absolute atomic E-state index is 2.66. The summed E-state index contributed by atoms with van der Waals surface area (Å²) in [7, 11) is 0. The van der Waals surface area contributed by atoms with E-state index in [0.29, 0.717) is 6.04 Å². The van der Waals surface area contributed by atoms with Crippen LogP contribution in [0.4, 0.5) is 0 Å². The van der Waals surface area contributed by atoms with E-state index in [-0.39, 0.29) is 0 Å². The molecule has 0 bridgehead atoms. The fourth-order valence-corrected chi connectivity index (χ4v) is 2.83. The number of benzene rings is 1. The lowest BCUT2D eigenvalue weighted by atomic mass is 10.1. The zero-order valence-electron chi connectivity index (χ0n) is 9.45. The molecule has 1 aromatic rings. The summed E-state index contributed by atoms with van der Waals surface area (Å²) in [5.41, 5.74) is 2.22. The molecule has 1 saturated heterocycles. The molecule has 1 heteroatoms. The molecular weight excluding hydrogens is 182 g/mol. The molecule has 0 amide bonds. The molecule has 1 nitrogen and oxygen atoms in total. The van der Waals surface area contributed by atoms with E-state index in [2.05, 4.69) is 42.2 Å². The van der Waals surface area contributed by atoms with Crippen LogP contribution in [0.15, 0.2) is 30.3 Å². The fraction of sp³-hybridized carbons (Fsp3) is 0.571. The van der Waals surface area contributed by atoms with Gasteiger partial charge in [-0.1, -0.05) is 30.3 Å². The zero-order chi connectivity index (χ0) is 10.3. The van der Waals surface area contributed by atoms with Crippen LogP contribution < -0.4 is 0 Å². The van der Waals surface area contributed by atoms with E-state index >= 15 is 0 Å². The molecule has 1 aromatic carbocycles. The summed E-state index contributed by atoms with van der Waals surface area (Å²) in [6.45, 7) is 4.98. The second kappa shape index (κ2) is 3.34. The van der Waals surface area contributed by atoms with E-state index in [4.69, 9.17) is 0 Å². The second-order valence-electron chi connectivity index (χ2n) is 5.31. The number of rotatable bonds is 2. The van der Waals surface area contributed by atoms with E-state index in [1.807, 2.05) is 0 Å². The highest BCUT2D eigenvalue weighted by molar-refractivity contribution is 5.19. The molecule has 3 rings (SSSR count). The lowest BCUT2D eigenvalue weighted by Gasteiger charge is -2.24. The van der Waals surface area contributed by atoms with Gasteiger partial charge in [-0.05, 0) is 43.7 Å². The number of hydrogen-bond donors (Lipinski definition) is 0. The minimum Gasteiger partial charge on any atom is -0.296 e. The molecule has 0 radical (unpaired) electrons. The van der Waals surface area contributed by atoms with Crippen molar-refractivity contribution in [2.75, 3.05) is 13.1 Å². The van der Waals surface area contributed by atoms with Gasteiger partial charge in [-0.3, -0.25) is 4.90 Å². The van der Waals surface area contributed by atoms with Crippen molar-refractivity contribution >= 4 is 0 Å². The average Bonchev–Trinajstić information content (AvgIpc) is 2.90. The topological polar surface area (TPSA) is 3.24 Å². The molecule has 80 valence electrons. The largest absolute Gasteiger partial charge is 0.296 e. The Hall–Kier alpha value is -0.820. The highest BCUT2D eigenvalue weighted by Gasteiger charge is 2.48. The van der Waals surface area contributed by atoms with Crippen LogP contribution in [0.2, 0.25) is 0 Å². The van der Waals surface area contributed by atoms with Gasteiger partial charge in [-0.15, -0.1) is 0 Å². The Balaban J connectivity index is 1.73. The summed E-state index contributed by atoms with van der Waals surface area (Å²) in [6.07, 6.45) is 4.39. The molecule has 2 aliphatic rings. The molecule has 1 aliphatic heterocycles. The standard InChI is InChI=1S/C14H19N/c1-12(13-5-3-2-4-6-13)15-10-9-14(11-15)7-8-14/h2-6,12H,7-11H2,1H3/t12-/m1/s1. The lowest BCUT2D eigenvalue weighted by Crippen LogP contribution is -2.24. The Morgan fingerprint density at radius 1 is 1.13 bits per heavy atom. The summed E-state index contributed by atoms with van der Waals surface area (Å²) in [4.78, 5) is 2.66. The molecule has 1 saturated carbocycles. The van der Waals surface area contributed by atoms with Crippen LogP contribution in [-0.2, 0) is 0 Å². The summed E-state index contributed by atoms with van der Waals surface area (Å²) in [5, 5.41) is 0. The molecule has 0 N–H and O–H groups in total. The van der Waals surface area contributed by atoms with E-state index in [1.54, 1.807) is 0 Å². The molecular formula is C14H19N. The van der Waals surface area contributed by atoms with Crippen molar-refractivity contribution < 1.29 is 0 Å². The van der Waals surface area contributed by atoms with Crippen LogP contribution in [0.25, 0.3) is 0 Å². The Morgan fingerprint density at radius 2 is 1.87 bits per heavy atom. The van der Waals surface area contributed by atoms with E-state index in [1.165, 1.54) is 37.9 Å². The SMILES string of the molecule is C[C@H](c1ccccc1)N1CCC2(CC2)C1. The first-order valence-electron chi connectivity index (χ1n) is 6.08. The molecule has 0 unspecified atom stereocenters. The first-order valence-corrected chi connectivity index (χ1v) is 6.08. The maximum atomic E-state index is 2.66. The minimum atomic E-state index is 0.603. The Labute approximate surface area is 92.1 Å². The number of nitrogens with zero attached hydrogens (tertiary/aromatic N) is 1. The third kappa shape index (κ3) is 1.69. The number of likely N-dealkylation sites (tertiary alicyclic amines) is 1. The van der Waals surface area contributed by atoms with Crippen LogP contribution >= 0.6 is 0 Å². The smallest absolute Gasteiger partial charge is 0.0320 e. The Kier molecular flexibility index (Phi) is 2.10. The molecule has 1 heterocycles. The van der Waals surface area contributed by atoms with Crippen molar-refractivity contribution in [1.82, 2.24) is 4.90 Å². The van der Waals surface area contributed by atoms with Crippen molar-refractivity contribution in [3.8, 4) is 0 Å². The molecule has 1 aliphatic carbocycles. The van der Waals surface area contributed by atoms with Crippen molar-refractivity contribution in [1.29, 1.82) is 0 Å². The van der Waals surface area contributed by atoms with Crippen LogP contribution in [0.1, 0.15) is 37.8 Å². The van der Waals surface area contributed by atoms with Crippen molar-refractivity contribution in [2.24, 2.45) is 5.41 Å². The van der Waals surface area contributed by atoms with Gasteiger partial charge < -0.3 is 0 Å². The number of hydrogen-bond acceptors (Lipinski definition) is 1. The van der Waals surface area contributed by atoms with E-state index in [9.17, 15) is 0 Å². The highest BCUT2D eigenvalue weighted by Crippen LogP contribution is 2.53. The molecule has 15 heavy (non-hydrogen) atoms. The van der Waals surface area contributed by atoms with Gasteiger partial charge in [0.15, 0.2) is 0 Å². The zero-order valence-corrected chi connectivity index (χ0v) is 9.45. The van der Waals surface area contributed by atoms with Crippen molar-refractivity contribution in [3.05, 3.63) is 35.9 Å². The predicted octanol–water partition coefficient (Wildman–Crippen LogP) is 3.23. The van der Waals surface area contributed by atoms with E-state index in [0.717, 1.165) is 5.41 Å². The van der Waals surface area contributed by atoms with Gasteiger partial charge in [0.1, 0.15) is 0 Å². The van der Waals surface area contributed by atoms with Gasteiger partial charge in [0.05, 0.1) is 0 Å². The minimum absolute atomic E-state index is 0.603. The van der Waals surface area contributed by atoms with Crippen LogP contribution in [-0.4, -0.2) is 18.0 Å². The average molecular weight is 201 g/mol. The third-order valence-corrected chi connectivity index (χ3v) is 4.25. The van der Waals surface area contributed by atoms with Crippen LogP contribution in [0, 0.1) is 5.41 Å². The highest BCUT2D eigenvalue weighted by atomic mass is 15.2. The van der Waals surface area contributed by atoms with Gasteiger partial charge in [0, 0.05) is 12.6 Å². The van der Waals surface area contributed by atoms with Gasteiger partial charge >= 0.3 is 0 Å². The van der Waals surface area contributed by atoms with Crippen molar-refractivity contribution in [2.45, 2.75) is 32.2 Å². The van der Waals surface area contributed by atoms with Gasteiger partial charge in [-0.25, -0.2) is 0 Å². The molecule has 1 spiro atoms. The Morgan fingerprint density at radius 3 is 2.47 bits per heavy atom. The molecule has 2 fully saturated rings. The second-order valence-corrected chi connectivity index (χ2v) is 5.31. The summed E-state index contributed by atoms with van der Waals surface area (Å²) >= 11 is 0. The van der Waals surface area contributed by atoms with E-state index < -0.39 is 0 Å². The van der Waals surface area contributed by atoms with Gasteiger partial charge in [0.25, 0.3) is 0 Å². The monoisotopic (exact) mass is 201 g/mol. The quantitative estimate of drug-likeness (QED) is 0.710. The Bertz CT molecular complexity index is 340. The third-order valence-electron chi connectivity index (χ3n) is 4.25. The predicted molar refractivity (Wildman–Crippen MR) is 62.7 cm³/mol. The van der Waals surface area contributed by atoms with Crippen molar-refractivity contribution in [3.63, 3.8) is 0 Å². The summed E-state index contributed by atoms with van der Waals surface area (Å²) in [5.74, 6) is 0. The lowest BCUT2D eigenvalue weighted by molar-refractivity contribution is 0.249. The van der Waals surface area contributed by atoms with Gasteiger partial charge in [-0.2, -0.15) is 0 Å². The summed E-state index contributed by atoms with van der Waals surface area (Å²) in [6, 6.07) is 11.5. The summed E-state index contributed by atoms with van der Waals surface area (Å²) < 4.78 is 0. The first-order chi connectivity index (χ1) is 7.29. The maximum Gasteiger partial charge on any atom is 0.0320 e. The normalized spacial score (nSPS) is 25.7. The molecule has 1 atom stereocenters. The fourth-order valence-electron chi connectivity index (χ4n) is 2.83. The van der Waals surface area contributed by atoms with Gasteiger partial charge in [0.2, 0.25) is 0 Å². The van der Waals surface area contributed by atoms with Crippen LogP contribution in [0.5, 0.6) is 0 Å². The van der Waals surface area contributed by atoms with Crippen LogP contribution in [0.3, 0.4) is 0 Å². The first kappa shape index (κ1) is 9.41. The molecule has 0 aromatic heterocycles.